The van der Waals surface area contributed by atoms with Gasteiger partial charge in [-0.25, -0.2) is 4.79 Å². The predicted molar refractivity (Wildman–Crippen MR) is 106 cm³/mol. The molecule has 1 saturated heterocycles. The van der Waals surface area contributed by atoms with Gasteiger partial charge >= 0.3 is 6.03 Å². The lowest BCUT2D eigenvalue weighted by Crippen LogP contribution is -2.43. The monoisotopic (exact) mass is 404 g/mol. The molecule has 0 bridgehead atoms. The number of halogens is 1. The number of rotatable bonds is 2. The van der Waals surface area contributed by atoms with E-state index in [2.05, 4.69) is 52.4 Å². The summed E-state index contributed by atoms with van der Waals surface area (Å²) >= 11 is 5.43. The topological polar surface area (TPSA) is 32.3 Å². The second-order valence-electron chi connectivity index (χ2n) is 6.11. The maximum atomic E-state index is 12.8. The zero-order chi connectivity index (χ0) is 17.1. The van der Waals surface area contributed by atoms with Crippen molar-refractivity contribution in [1.82, 2.24) is 4.90 Å². The van der Waals surface area contributed by atoms with Crippen molar-refractivity contribution in [2.45, 2.75) is 19.9 Å². The number of aryl methyl sites for hydroxylation is 2. The molecule has 1 unspecified atom stereocenters. The van der Waals surface area contributed by atoms with Crippen LogP contribution in [-0.4, -0.2) is 29.0 Å². The minimum absolute atomic E-state index is 0.0366. The summed E-state index contributed by atoms with van der Waals surface area (Å²) in [4.78, 5) is 14.8. The van der Waals surface area contributed by atoms with Gasteiger partial charge in [0.1, 0.15) is 0 Å². The standard InChI is InChI=1S/C19H21BrN2OS/c1-13-3-6-15(7-4-13)18-12-24-10-9-22(18)19(23)21-17-8-5-14(2)11-16(17)20/h3-8,11,18H,9-10,12H2,1-2H3,(H,21,23). The molecule has 0 aliphatic carbocycles. The first-order valence-electron chi connectivity index (χ1n) is 8.02. The molecule has 3 rings (SSSR count). The number of nitrogens with one attached hydrogen (secondary N) is 1. The smallest absolute Gasteiger partial charge is 0.316 e. The van der Waals surface area contributed by atoms with Crippen LogP contribution in [0.5, 0.6) is 0 Å². The van der Waals surface area contributed by atoms with Gasteiger partial charge in [-0.2, -0.15) is 11.8 Å². The molecule has 1 aliphatic heterocycles. The van der Waals surface area contributed by atoms with Crippen molar-refractivity contribution in [2.75, 3.05) is 23.4 Å². The van der Waals surface area contributed by atoms with Crippen LogP contribution in [-0.2, 0) is 0 Å². The van der Waals surface area contributed by atoms with Crippen LogP contribution in [0.1, 0.15) is 22.7 Å². The Morgan fingerprint density at radius 2 is 1.88 bits per heavy atom. The van der Waals surface area contributed by atoms with E-state index >= 15 is 0 Å². The van der Waals surface area contributed by atoms with Gasteiger partial charge in [0.25, 0.3) is 0 Å². The van der Waals surface area contributed by atoms with E-state index in [1.54, 1.807) is 0 Å². The van der Waals surface area contributed by atoms with Crippen molar-refractivity contribution in [3.05, 3.63) is 63.6 Å². The molecule has 0 radical (unpaired) electrons. The molecule has 5 heteroatoms. The third-order valence-corrected chi connectivity index (χ3v) is 5.90. The molecule has 1 heterocycles. The van der Waals surface area contributed by atoms with Gasteiger partial charge in [0.2, 0.25) is 0 Å². The van der Waals surface area contributed by atoms with Crippen LogP contribution in [0.25, 0.3) is 0 Å². The fraction of sp³-hybridized carbons (Fsp3) is 0.316. The van der Waals surface area contributed by atoms with E-state index in [0.29, 0.717) is 0 Å². The Balaban J connectivity index is 1.79. The molecule has 24 heavy (non-hydrogen) atoms. The number of carbonyl (C=O) groups is 1. The minimum atomic E-state index is -0.0366. The van der Waals surface area contributed by atoms with Gasteiger partial charge in [-0.05, 0) is 53.0 Å². The van der Waals surface area contributed by atoms with Crippen LogP contribution < -0.4 is 5.32 Å². The second-order valence-corrected chi connectivity index (χ2v) is 8.11. The number of amides is 2. The van der Waals surface area contributed by atoms with Crippen LogP contribution in [0, 0.1) is 13.8 Å². The van der Waals surface area contributed by atoms with Crippen LogP contribution in [0.2, 0.25) is 0 Å². The molecule has 0 aromatic heterocycles. The fourth-order valence-electron chi connectivity index (χ4n) is 2.82. The summed E-state index contributed by atoms with van der Waals surface area (Å²) in [5.41, 5.74) is 4.41. The van der Waals surface area contributed by atoms with E-state index in [4.69, 9.17) is 0 Å². The van der Waals surface area contributed by atoms with E-state index in [1.165, 1.54) is 11.1 Å². The Kier molecular flexibility index (Phi) is 5.51. The first-order chi connectivity index (χ1) is 11.5. The average molecular weight is 405 g/mol. The maximum Gasteiger partial charge on any atom is 0.322 e. The van der Waals surface area contributed by atoms with Gasteiger partial charge in [-0.3, -0.25) is 0 Å². The average Bonchev–Trinajstić information content (AvgIpc) is 2.58. The highest BCUT2D eigenvalue weighted by Gasteiger charge is 2.28. The number of anilines is 1. The summed E-state index contributed by atoms with van der Waals surface area (Å²) < 4.78 is 0.911. The highest BCUT2D eigenvalue weighted by molar-refractivity contribution is 9.10. The number of hydrogen-bond donors (Lipinski definition) is 1. The summed E-state index contributed by atoms with van der Waals surface area (Å²) in [5.74, 6) is 1.91. The van der Waals surface area contributed by atoms with Gasteiger partial charge in [-0.15, -0.1) is 0 Å². The molecule has 1 N–H and O–H groups in total. The second kappa shape index (κ2) is 7.62. The van der Waals surface area contributed by atoms with Crippen molar-refractivity contribution in [3.63, 3.8) is 0 Å². The van der Waals surface area contributed by atoms with Crippen molar-refractivity contribution >= 4 is 39.4 Å². The lowest BCUT2D eigenvalue weighted by atomic mass is 10.1. The first kappa shape index (κ1) is 17.4. The van der Waals surface area contributed by atoms with Crippen LogP contribution in [0.3, 0.4) is 0 Å². The number of nitrogens with zero attached hydrogens (tertiary/aromatic N) is 1. The van der Waals surface area contributed by atoms with E-state index in [-0.39, 0.29) is 12.1 Å². The molecule has 3 nitrogen and oxygen atoms in total. The Morgan fingerprint density at radius 1 is 1.17 bits per heavy atom. The zero-order valence-corrected chi connectivity index (χ0v) is 16.3. The van der Waals surface area contributed by atoms with Crippen LogP contribution >= 0.6 is 27.7 Å². The van der Waals surface area contributed by atoms with Crippen molar-refractivity contribution < 1.29 is 4.79 Å². The first-order valence-corrected chi connectivity index (χ1v) is 9.97. The molecule has 0 saturated carbocycles. The minimum Gasteiger partial charge on any atom is -0.316 e. The van der Waals surface area contributed by atoms with E-state index in [1.807, 2.05) is 41.8 Å². The molecular weight excluding hydrogens is 384 g/mol. The Hall–Kier alpha value is -1.46. The van der Waals surface area contributed by atoms with Crippen molar-refractivity contribution in [2.24, 2.45) is 0 Å². The molecular formula is C19H21BrN2OS. The number of benzene rings is 2. The number of hydrogen-bond acceptors (Lipinski definition) is 2. The van der Waals surface area contributed by atoms with Gasteiger partial charge < -0.3 is 10.2 Å². The SMILES string of the molecule is Cc1ccc(C2CSCCN2C(=O)Nc2ccc(C)cc2Br)cc1. The van der Waals surface area contributed by atoms with Crippen LogP contribution in [0.15, 0.2) is 46.9 Å². The van der Waals surface area contributed by atoms with Crippen LogP contribution in [0.4, 0.5) is 10.5 Å². The summed E-state index contributed by atoms with van der Waals surface area (Å²) in [6.45, 7) is 4.88. The summed E-state index contributed by atoms with van der Waals surface area (Å²) in [6.07, 6.45) is 0. The van der Waals surface area contributed by atoms with E-state index in [9.17, 15) is 4.79 Å². The lowest BCUT2D eigenvalue weighted by Gasteiger charge is -2.35. The molecule has 1 aliphatic rings. The Morgan fingerprint density at radius 3 is 2.58 bits per heavy atom. The number of urea groups is 1. The third-order valence-electron chi connectivity index (χ3n) is 4.22. The maximum absolute atomic E-state index is 12.8. The quantitative estimate of drug-likeness (QED) is 0.727. The van der Waals surface area contributed by atoms with Crippen molar-refractivity contribution in [3.8, 4) is 0 Å². The van der Waals surface area contributed by atoms with E-state index < -0.39 is 0 Å². The molecule has 0 spiro atoms. The third kappa shape index (κ3) is 3.95. The highest BCUT2D eigenvalue weighted by atomic mass is 79.9. The largest absolute Gasteiger partial charge is 0.322 e. The molecule has 126 valence electrons. The molecule has 1 atom stereocenters. The van der Waals surface area contributed by atoms with Gasteiger partial charge in [-0.1, -0.05) is 35.9 Å². The highest BCUT2D eigenvalue weighted by Crippen LogP contribution is 2.31. The Labute approximate surface area is 155 Å². The summed E-state index contributed by atoms with van der Waals surface area (Å²) in [5, 5.41) is 3.05. The predicted octanol–water partition coefficient (Wildman–Crippen LogP) is 5.39. The molecule has 2 aromatic rings. The van der Waals surface area contributed by atoms with Gasteiger partial charge in [0.15, 0.2) is 0 Å². The van der Waals surface area contributed by atoms with Crippen molar-refractivity contribution in [1.29, 1.82) is 0 Å². The summed E-state index contributed by atoms with van der Waals surface area (Å²) in [6, 6.07) is 14.5. The zero-order valence-electron chi connectivity index (χ0n) is 13.9. The van der Waals surface area contributed by atoms with E-state index in [0.717, 1.165) is 33.8 Å². The molecule has 1 fully saturated rings. The Bertz CT molecular complexity index is 733. The number of carbonyl (C=O) groups excluding carboxylic acids is 1. The van der Waals surface area contributed by atoms with Gasteiger partial charge in [0, 0.05) is 22.5 Å². The van der Waals surface area contributed by atoms with Gasteiger partial charge in [0.05, 0.1) is 11.7 Å². The lowest BCUT2D eigenvalue weighted by molar-refractivity contribution is 0.196. The molecule has 2 aromatic carbocycles. The normalized spacial score (nSPS) is 17.6. The number of thioether (sulfide) groups is 1. The summed E-state index contributed by atoms with van der Waals surface area (Å²) in [7, 11) is 0. The fourth-order valence-corrected chi connectivity index (χ4v) is 4.50. The molecule has 2 amide bonds.